The van der Waals surface area contributed by atoms with E-state index in [1.54, 1.807) is 11.8 Å². The first-order valence-electron chi connectivity index (χ1n) is 6.95. The maximum absolute atomic E-state index is 12.4. The molecule has 2 atom stereocenters. The largest absolute Gasteiger partial charge is 0.341 e. The van der Waals surface area contributed by atoms with Gasteiger partial charge in [-0.2, -0.15) is 0 Å². The first-order valence-corrected chi connectivity index (χ1v) is 8.63. The molecule has 21 heavy (non-hydrogen) atoms. The van der Waals surface area contributed by atoms with Crippen LogP contribution in [0.1, 0.15) is 13.3 Å². The van der Waals surface area contributed by atoms with Crippen molar-refractivity contribution in [2.45, 2.75) is 23.5 Å². The van der Waals surface area contributed by atoms with Crippen molar-refractivity contribution in [1.29, 1.82) is 0 Å². The normalized spacial score (nSPS) is 19.2. The zero-order chi connectivity index (χ0) is 14.5. The zero-order valence-electron chi connectivity index (χ0n) is 12.3. The number of benzene rings is 1. The van der Waals surface area contributed by atoms with Crippen LogP contribution in [-0.2, 0) is 4.79 Å². The first-order chi connectivity index (χ1) is 9.60. The standard InChI is InChI=1S/C15H21BrN2OS.ClH/c1-11(20-14-5-3-13(16)4-6-14)15(19)18-8-7-12(10-18)9-17-2;/h3-6,11-12,17H,7-10H2,1-2H3;1H. The van der Waals surface area contributed by atoms with Crippen LogP contribution in [0.2, 0.25) is 0 Å². The van der Waals surface area contributed by atoms with E-state index in [9.17, 15) is 4.79 Å². The van der Waals surface area contributed by atoms with Crippen molar-refractivity contribution < 1.29 is 4.79 Å². The number of halogens is 2. The minimum atomic E-state index is -0.0236. The molecule has 1 N–H and O–H groups in total. The maximum Gasteiger partial charge on any atom is 0.235 e. The van der Waals surface area contributed by atoms with E-state index in [0.29, 0.717) is 5.92 Å². The summed E-state index contributed by atoms with van der Waals surface area (Å²) in [4.78, 5) is 15.6. The van der Waals surface area contributed by atoms with Crippen molar-refractivity contribution in [2.75, 3.05) is 26.7 Å². The molecule has 118 valence electrons. The van der Waals surface area contributed by atoms with Crippen molar-refractivity contribution in [3.8, 4) is 0 Å². The fraction of sp³-hybridized carbons (Fsp3) is 0.533. The molecule has 1 aromatic rings. The Kier molecular flexibility index (Phi) is 8.09. The van der Waals surface area contributed by atoms with Gasteiger partial charge in [0.1, 0.15) is 0 Å². The van der Waals surface area contributed by atoms with Crippen molar-refractivity contribution in [1.82, 2.24) is 10.2 Å². The lowest BCUT2D eigenvalue weighted by Crippen LogP contribution is -2.35. The molecule has 2 rings (SSSR count). The minimum absolute atomic E-state index is 0. The van der Waals surface area contributed by atoms with Gasteiger partial charge in [0, 0.05) is 22.5 Å². The molecule has 2 unspecified atom stereocenters. The van der Waals surface area contributed by atoms with E-state index < -0.39 is 0 Å². The average molecular weight is 394 g/mol. The third-order valence-corrected chi connectivity index (χ3v) is 5.19. The van der Waals surface area contributed by atoms with Crippen LogP contribution in [0.25, 0.3) is 0 Å². The van der Waals surface area contributed by atoms with E-state index in [2.05, 4.69) is 21.2 Å². The van der Waals surface area contributed by atoms with Gasteiger partial charge in [0.15, 0.2) is 0 Å². The van der Waals surface area contributed by atoms with Crippen molar-refractivity contribution >= 4 is 46.0 Å². The number of amides is 1. The molecule has 0 bridgehead atoms. The number of hydrogen-bond donors (Lipinski definition) is 1. The van der Waals surface area contributed by atoms with Gasteiger partial charge in [0.05, 0.1) is 5.25 Å². The molecule has 1 aliphatic heterocycles. The molecular weight excluding hydrogens is 372 g/mol. The molecule has 1 saturated heterocycles. The van der Waals surface area contributed by atoms with E-state index in [0.717, 1.165) is 35.4 Å². The Bertz CT molecular complexity index is 457. The Morgan fingerprint density at radius 2 is 2.14 bits per heavy atom. The Morgan fingerprint density at radius 1 is 1.48 bits per heavy atom. The number of nitrogens with zero attached hydrogens (tertiary/aromatic N) is 1. The van der Waals surface area contributed by atoms with Gasteiger partial charge in [-0.3, -0.25) is 4.79 Å². The highest BCUT2D eigenvalue weighted by Crippen LogP contribution is 2.27. The van der Waals surface area contributed by atoms with E-state index in [1.165, 1.54) is 0 Å². The first kappa shape index (κ1) is 18.8. The SMILES string of the molecule is CNCC1CCN(C(=O)C(C)Sc2ccc(Br)cc2)C1.Cl. The van der Waals surface area contributed by atoms with Gasteiger partial charge >= 0.3 is 0 Å². The molecule has 3 nitrogen and oxygen atoms in total. The summed E-state index contributed by atoms with van der Waals surface area (Å²) in [6.45, 7) is 4.79. The van der Waals surface area contributed by atoms with Gasteiger partial charge in [0.25, 0.3) is 0 Å². The third kappa shape index (κ3) is 5.47. The fourth-order valence-corrected chi connectivity index (χ4v) is 3.73. The second kappa shape index (κ2) is 9.03. The molecule has 1 aliphatic rings. The molecule has 1 amide bonds. The Balaban J connectivity index is 0.00000220. The van der Waals surface area contributed by atoms with E-state index in [4.69, 9.17) is 0 Å². The van der Waals surface area contributed by atoms with Crippen LogP contribution in [0.4, 0.5) is 0 Å². The molecule has 0 spiro atoms. The molecule has 0 saturated carbocycles. The lowest BCUT2D eigenvalue weighted by molar-refractivity contribution is -0.129. The van der Waals surface area contributed by atoms with Crippen molar-refractivity contribution in [3.05, 3.63) is 28.7 Å². The summed E-state index contributed by atoms with van der Waals surface area (Å²) < 4.78 is 1.07. The third-order valence-electron chi connectivity index (χ3n) is 3.56. The van der Waals surface area contributed by atoms with Crippen LogP contribution in [0.3, 0.4) is 0 Å². The van der Waals surface area contributed by atoms with Crippen LogP contribution in [0, 0.1) is 5.92 Å². The van der Waals surface area contributed by atoms with Crippen molar-refractivity contribution in [2.24, 2.45) is 5.92 Å². The smallest absolute Gasteiger partial charge is 0.235 e. The average Bonchev–Trinajstić information content (AvgIpc) is 2.89. The van der Waals surface area contributed by atoms with Crippen LogP contribution < -0.4 is 5.32 Å². The van der Waals surface area contributed by atoms with Gasteiger partial charge in [-0.1, -0.05) is 15.9 Å². The van der Waals surface area contributed by atoms with E-state index in [-0.39, 0.29) is 23.6 Å². The van der Waals surface area contributed by atoms with Crippen LogP contribution >= 0.6 is 40.1 Å². The summed E-state index contributed by atoms with van der Waals surface area (Å²) in [5, 5.41) is 3.17. The number of thioether (sulfide) groups is 1. The molecule has 1 fully saturated rings. The fourth-order valence-electron chi connectivity index (χ4n) is 2.51. The highest BCUT2D eigenvalue weighted by Gasteiger charge is 2.28. The lowest BCUT2D eigenvalue weighted by Gasteiger charge is -2.20. The number of carbonyl (C=O) groups excluding carboxylic acids is 1. The van der Waals surface area contributed by atoms with E-state index >= 15 is 0 Å². The lowest BCUT2D eigenvalue weighted by atomic mass is 10.1. The van der Waals surface area contributed by atoms with Crippen LogP contribution in [-0.4, -0.2) is 42.7 Å². The summed E-state index contributed by atoms with van der Waals surface area (Å²) in [5.74, 6) is 0.866. The van der Waals surface area contributed by atoms with Crippen LogP contribution in [0.15, 0.2) is 33.6 Å². The highest BCUT2D eigenvalue weighted by molar-refractivity contribution is 9.10. The van der Waals surface area contributed by atoms with Crippen molar-refractivity contribution in [3.63, 3.8) is 0 Å². The van der Waals surface area contributed by atoms with Gasteiger partial charge in [0.2, 0.25) is 5.91 Å². The monoisotopic (exact) mass is 392 g/mol. The summed E-state index contributed by atoms with van der Waals surface area (Å²) in [6, 6.07) is 8.12. The Labute approximate surface area is 145 Å². The molecule has 0 radical (unpaired) electrons. The minimum Gasteiger partial charge on any atom is -0.341 e. The summed E-state index contributed by atoms with van der Waals surface area (Å²) in [7, 11) is 1.97. The molecule has 6 heteroatoms. The Morgan fingerprint density at radius 3 is 2.76 bits per heavy atom. The number of likely N-dealkylation sites (tertiary alicyclic amines) is 1. The number of carbonyl (C=O) groups is 1. The summed E-state index contributed by atoms with van der Waals surface area (Å²) >= 11 is 5.06. The Hall–Kier alpha value is -0.230. The number of hydrogen-bond acceptors (Lipinski definition) is 3. The highest BCUT2D eigenvalue weighted by atomic mass is 79.9. The molecule has 1 aromatic carbocycles. The van der Waals surface area contributed by atoms with Gasteiger partial charge in [-0.25, -0.2) is 0 Å². The quantitative estimate of drug-likeness (QED) is 0.778. The maximum atomic E-state index is 12.4. The van der Waals surface area contributed by atoms with Gasteiger partial charge in [-0.15, -0.1) is 24.2 Å². The second-order valence-corrected chi connectivity index (χ2v) is 7.54. The summed E-state index contributed by atoms with van der Waals surface area (Å²) in [6.07, 6.45) is 1.11. The van der Waals surface area contributed by atoms with Gasteiger partial charge in [-0.05, 0) is 57.1 Å². The number of rotatable bonds is 5. The molecule has 0 aliphatic carbocycles. The predicted molar refractivity (Wildman–Crippen MR) is 95.3 cm³/mol. The zero-order valence-corrected chi connectivity index (χ0v) is 15.6. The van der Waals surface area contributed by atoms with Gasteiger partial charge < -0.3 is 10.2 Å². The topological polar surface area (TPSA) is 32.3 Å². The molecule has 0 aromatic heterocycles. The summed E-state index contributed by atoms with van der Waals surface area (Å²) in [5.41, 5.74) is 0. The van der Waals surface area contributed by atoms with Crippen LogP contribution in [0.5, 0.6) is 0 Å². The van der Waals surface area contributed by atoms with E-state index in [1.807, 2.05) is 43.1 Å². The number of nitrogens with one attached hydrogen (secondary N) is 1. The predicted octanol–water partition coefficient (Wildman–Crippen LogP) is 3.42. The molecular formula is C15H22BrClN2OS. The molecule has 1 heterocycles. The second-order valence-electron chi connectivity index (χ2n) is 5.21.